The first-order chi connectivity index (χ1) is 13.1. The lowest BCUT2D eigenvalue weighted by Crippen LogP contribution is -2.42. The topological polar surface area (TPSA) is 184 Å². The van der Waals surface area contributed by atoms with Crippen molar-refractivity contribution >= 4 is 0 Å². The van der Waals surface area contributed by atoms with Crippen LogP contribution in [0.4, 0.5) is 4.39 Å². The van der Waals surface area contributed by atoms with Crippen LogP contribution in [0.5, 0.6) is 0 Å². The maximum absolute atomic E-state index is 14.6. The number of rotatable bonds is 5. The molecule has 0 aromatic carbocycles. The summed E-state index contributed by atoms with van der Waals surface area (Å²) in [6.45, 7) is 1.29. The number of H-pyrrole nitrogens is 1. The molecule has 28 heavy (non-hydrogen) atoms. The van der Waals surface area contributed by atoms with Crippen LogP contribution in [0.25, 0.3) is 0 Å². The van der Waals surface area contributed by atoms with E-state index in [1.807, 2.05) is 4.98 Å². The monoisotopic (exact) mass is 408 g/mol. The van der Waals surface area contributed by atoms with E-state index in [0.29, 0.717) is 0 Å². The van der Waals surface area contributed by atoms with Gasteiger partial charge >= 0.3 is 5.69 Å². The van der Waals surface area contributed by atoms with Gasteiger partial charge in [-0.05, 0) is 6.92 Å². The number of halogens is 1. The molecule has 0 spiro atoms. The van der Waals surface area contributed by atoms with E-state index in [1.165, 1.54) is 6.92 Å². The summed E-state index contributed by atoms with van der Waals surface area (Å²) < 4.78 is 30.5. The standard InChI is InChI=1S/C15H21FN2O10/c1-4(19)10-7(22)9(24)14(27-10)28-12(16)11-6(21)8(23)13(26-11)18-3-2-5(20)17-15(18)25/h2-4,6-14,19,21-24H,1H3,(H,17,20,25)/t4?,6-,7-,8+,9-,10+,11-,12?,13+,14?/m0/s1. The Morgan fingerprint density at radius 1 is 1.11 bits per heavy atom. The summed E-state index contributed by atoms with van der Waals surface area (Å²) in [6, 6.07) is 0.973. The SMILES string of the molecule is CC(O)[C@H]1OC(OC(F)[C@H]2O[C@@H](n3ccc(=O)[nH]c3=O)[C@H](O)[C@@H]2O)[C@@H](O)[C@@H]1O. The number of hydrogen-bond donors (Lipinski definition) is 6. The molecule has 0 saturated carbocycles. The molecule has 2 saturated heterocycles. The molecule has 2 aliphatic rings. The molecule has 0 aliphatic carbocycles. The fraction of sp³-hybridized carbons (Fsp3) is 0.733. The molecule has 3 heterocycles. The van der Waals surface area contributed by atoms with E-state index >= 15 is 0 Å². The molecule has 12 nitrogen and oxygen atoms in total. The van der Waals surface area contributed by atoms with Crippen LogP contribution in [-0.2, 0) is 14.2 Å². The summed E-state index contributed by atoms with van der Waals surface area (Å²) >= 11 is 0. The predicted octanol–water partition coefficient (Wildman–Crippen LogP) is -3.70. The average molecular weight is 408 g/mol. The van der Waals surface area contributed by atoms with Crippen LogP contribution in [-0.4, -0.2) is 90.5 Å². The highest BCUT2D eigenvalue weighted by atomic mass is 19.1. The van der Waals surface area contributed by atoms with Crippen LogP contribution in [0.3, 0.4) is 0 Å². The van der Waals surface area contributed by atoms with Crippen molar-refractivity contribution in [2.45, 2.75) is 68.5 Å². The van der Waals surface area contributed by atoms with Gasteiger partial charge in [-0.3, -0.25) is 14.3 Å². The van der Waals surface area contributed by atoms with Gasteiger partial charge in [-0.2, -0.15) is 0 Å². The van der Waals surface area contributed by atoms with Gasteiger partial charge in [0.2, 0.25) is 6.36 Å². The third-order valence-electron chi connectivity index (χ3n) is 4.66. The second-order valence-corrected chi connectivity index (χ2v) is 6.67. The highest BCUT2D eigenvalue weighted by molar-refractivity contribution is 4.95. The largest absolute Gasteiger partial charge is 0.391 e. The zero-order chi connectivity index (χ0) is 20.7. The van der Waals surface area contributed by atoms with Gasteiger partial charge in [-0.1, -0.05) is 0 Å². The summed E-state index contributed by atoms with van der Waals surface area (Å²) in [4.78, 5) is 24.9. The molecule has 1 aromatic rings. The van der Waals surface area contributed by atoms with Crippen molar-refractivity contribution in [3.63, 3.8) is 0 Å². The molecule has 3 unspecified atom stereocenters. The van der Waals surface area contributed by atoms with Gasteiger partial charge < -0.3 is 39.7 Å². The normalized spacial score (nSPS) is 40.5. The van der Waals surface area contributed by atoms with E-state index < -0.39 is 72.9 Å². The van der Waals surface area contributed by atoms with E-state index in [1.54, 1.807) is 0 Å². The maximum atomic E-state index is 14.6. The lowest BCUT2D eigenvalue weighted by molar-refractivity contribution is -0.258. The molecule has 2 fully saturated rings. The average Bonchev–Trinajstić information content (AvgIpc) is 3.07. The zero-order valence-electron chi connectivity index (χ0n) is 14.5. The third kappa shape index (κ3) is 3.75. The van der Waals surface area contributed by atoms with Gasteiger partial charge in [0, 0.05) is 12.3 Å². The molecule has 0 radical (unpaired) electrons. The second-order valence-electron chi connectivity index (χ2n) is 6.67. The fourth-order valence-electron chi connectivity index (χ4n) is 3.15. The van der Waals surface area contributed by atoms with Crippen LogP contribution in [0.15, 0.2) is 21.9 Å². The Balaban J connectivity index is 1.71. The lowest BCUT2D eigenvalue weighted by Gasteiger charge is -2.24. The van der Waals surface area contributed by atoms with E-state index in [9.17, 15) is 39.5 Å². The fourth-order valence-corrected chi connectivity index (χ4v) is 3.15. The third-order valence-corrected chi connectivity index (χ3v) is 4.66. The van der Waals surface area contributed by atoms with E-state index in [2.05, 4.69) is 0 Å². The van der Waals surface area contributed by atoms with E-state index in [0.717, 1.165) is 16.8 Å². The van der Waals surface area contributed by atoms with Crippen LogP contribution >= 0.6 is 0 Å². The van der Waals surface area contributed by atoms with Crippen molar-refractivity contribution in [3.8, 4) is 0 Å². The molecule has 0 bridgehead atoms. The van der Waals surface area contributed by atoms with E-state index in [4.69, 9.17) is 14.2 Å². The predicted molar refractivity (Wildman–Crippen MR) is 85.6 cm³/mol. The molecule has 158 valence electrons. The first-order valence-corrected chi connectivity index (χ1v) is 8.44. The Morgan fingerprint density at radius 2 is 1.75 bits per heavy atom. The van der Waals surface area contributed by atoms with Crippen molar-refractivity contribution in [2.24, 2.45) is 0 Å². The van der Waals surface area contributed by atoms with Gasteiger partial charge in [0.05, 0.1) is 6.10 Å². The van der Waals surface area contributed by atoms with Crippen molar-refractivity contribution in [1.29, 1.82) is 0 Å². The van der Waals surface area contributed by atoms with Gasteiger partial charge in [-0.25, -0.2) is 9.18 Å². The molecule has 10 atom stereocenters. The molecule has 1 aromatic heterocycles. The number of ether oxygens (including phenoxy) is 3. The Labute approximate surface area is 156 Å². The highest BCUT2D eigenvalue weighted by Crippen LogP contribution is 2.33. The Morgan fingerprint density at radius 3 is 2.32 bits per heavy atom. The number of aromatic amines is 1. The number of aliphatic hydroxyl groups excluding tert-OH is 5. The minimum atomic E-state index is -2.44. The van der Waals surface area contributed by atoms with Gasteiger partial charge in [-0.15, -0.1) is 0 Å². The summed E-state index contributed by atoms with van der Waals surface area (Å²) in [5.74, 6) is 0. The van der Waals surface area contributed by atoms with Crippen molar-refractivity contribution in [1.82, 2.24) is 9.55 Å². The number of hydrogen-bond acceptors (Lipinski definition) is 10. The molecule has 0 amide bonds. The van der Waals surface area contributed by atoms with Gasteiger partial charge in [0.1, 0.15) is 36.6 Å². The smallest absolute Gasteiger partial charge is 0.330 e. The zero-order valence-corrected chi connectivity index (χ0v) is 14.5. The molecule has 6 N–H and O–H groups in total. The van der Waals surface area contributed by atoms with Crippen LogP contribution in [0.1, 0.15) is 13.2 Å². The van der Waals surface area contributed by atoms with Crippen LogP contribution < -0.4 is 11.2 Å². The Kier molecular flexibility index (Phi) is 5.97. The molecule has 3 rings (SSSR count). The number of aromatic nitrogens is 2. The first-order valence-electron chi connectivity index (χ1n) is 8.44. The highest BCUT2D eigenvalue weighted by Gasteiger charge is 2.52. The van der Waals surface area contributed by atoms with Crippen molar-refractivity contribution in [3.05, 3.63) is 33.1 Å². The number of alkyl halides is 1. The molecular weight excluding hydrogens is 387 g/mol. The van der Waals surface area contributed by atoms with Crippen molar-refractivity contribution < 1.29 is 44.1 Å². The Hall–Kier alpha value is -1.71. The van der Waals surface area contributed by atoms with Crippen LogP contribution in [0, 0.1) is 0 Å². The first kappa shape index (κ1) is 21.0. The number of aliphatic hydroxyl groups is 5. The molecule has 2 aliphatic heterocycles. The lowest BCUT2D eigenvalue weighted by atomic mass is 10.1. The number of nitrogens with zero attached hydrogens (tertiary/aromatic N) is 1. The minimum absolute atomic E-state index is 0.698. The summed E-state index contributed by atoms with van der Waals surface area (Å²) in [5.41, 5.74) is -1.64. The maximum Gasteiger partial charge on any atom is 0.330 e. The number of nitrogens with one attached hydrogen (secondary N) is 1. The summed E-state index contributed by atoms with van der Waals surface area (Å²) in [6.07, 6.45) is -15.6. The quantitative estimate of drug-likeness (QED) is 0.283. The second kappa shape index (κ2) is 7.96. The Bertz CT molecular complexity index is 800. The van der Waals surface area contributed by atoms with Gasteiger partial charge in [0.25, 0.3) is 5.56 Å². The summed E-state index contributed by atoms with van der Waals surface area (Å²) in [5, 5.41) is 49.3. The minimum Gasteiger partial charge on any atom is -0.391 e. The van der Waals surface area contributed by atoms with Gasteiger partial charge in [0.15, 0.2) is 12.5 Å². The van der Waals surface area contributed by atoms with Crippen molar-refractivity contribution in [2.75, 3.05) is 0 Å². The summed E-state index contributed by atoms with van der Waals surface area (Å²) in [7, 11) is 0. The molecule has 13 heteroatoms. The molecular formula is C15H21FN2O10. The van der Waals surface area contributed by atoms with E-state index in [-0.39, 0.29) is 0 Å². The van der Waals surface area contributed by atoms with Crippen LogP contribution in [0.2, 0.25) is 0 Å².